The molecule has 0 saturated carbocycles. The van der Waals surface area contributed by atoms with E-state index in [4.69, 9.17) is 30.5 Å². The molecular weight excluding hydrogens is 603 g/mol. The lowest BCUT2D eigenvalue weighted by molar-refractivity contribution is -0.137. The van der Waals surface area contributed by atoms with Gasteiger partial charge in [0.2, 0.25) is 5.88 Å². The molecule has 0 spiro atoms. The summed E-state index contributed by atoms with van der Waals surface area (Å²) in [6.45, 7) is -0.00811. The van der Waals surface area contributed by atoms with E-state index < -0.39 is 45.7 Å². The predicted octanol–water partition coefficient (Wildman–Crippen LogP) is 5.71. The van der Waals surface area contributed by atoms with Gasteiger partial charge in [0.25, 0.3) is 0 Å². The van der Waals surface area contributed by atoms with Gasteiger partial charge in [-0.15, -0.1) is 0 Å². The molecule has 0 radical (unpaired) electrons. The third-order valence-electron chi connectivity index (χ3n) is 6.18. The van der Waals surface area contributed by atoms with E-state index in [0.29, 0.717) is 24.4 Å². The number of rotatable bonds is 11. The molecule has 0 aliphatic heterocycles. The second-order valence-corrected chi connectivity index (χ2v) is 11.0. The van der Waals surface area contributed by atoms with Crippen LogP contribution in [0.5, 0.6) is 17.4 Å². The summed E-state index contributed by atoms with van der Waals surface area (Å²) in [6.07, 6.45) is -3.19. The smallest absolute Gasteiger partial charge is 0.422 e. The van der Waals surface area contributed by atoms with Crippen molar-refractivity contribution < 1.29 is 45.3 Å². The van der Waals surface area contributed by atoms with E-state index in [0.717, 1.165) is 24.0 Å². The van der Waals surface area contributed by atoms with Gasteiger partial charge in [-0.05, 0) is 48.6 Å². The Morgan fingerprint density at radius 1 is 1.14 bits per heavy atom. The van der Waals surface area contributed by atoms with E-state index in [1.165, 1.54) is 25.3 Å². The number of nitrogens with zero attached hydrogens (tertiary/aromatic N) is 1. The van der Waals surface area contributed by atoms with Crippen molar-refractivity contribution >= 4 is 27.9 Å². The lowest BCUT2D eigenvalue weighted by Gasteiger charge is -2.26. The summed E-state index contributed by atoms with van der Waals surface area (Å²) in [4.78, 5) is 16.1. The van der Waals surface area contributed by atoms with Crippen molar-refractivity contribution in [2.45, 2.75) is 38.1 Å². The van der Waals surface area contributed by atoms with Crippen LogP contribution in [-0.2, 0) is 38.9 Å². The molecule has 1 atom stereocenters. The number of hydrogen-bond donors (Lipinski definition) is 2. The van der Waals surface area contributed by atoms with Crippen molar-refractivity contribution in [1.29, 1.82) is 0 Å². The van der Waals surface area contributed by atoms with Gasteiger partial charge < -0.3 is 18.9 Å². The molecule has 4 rings (SSSR count). The molecule has 1 amide bonds. The Kier molecular flexibility index (Phi) is 10.1. The summed E-state index contributed by atoms with van der Waals surface area (Å²) in [7, 11) is -2.79. The number of hydrogen-bond acceptors (Lipinski definition) is 8. The van der Waals surface area contributed by atoms with E-state index in [1.807, 2.05) is 29.0 Å². The number of aryl methyl sites for hydroxylation is 1. The molecule has 3 aromatic rings. The van der Waals surface area contributed by atoms with Crippen molar-refractivity contribution in [2.24, 2.45) is 0 Å². The lowest BCUT2D eigenvalue weighted by atomic mass is 9.88. The minimum atomic E-state index is -4.66. The summed E-state index contributed by atoms with van der Waals surface area (Å²) in [6, 6.07) is 12.0. The van der Waals surface area contributed by atoms with Crippen LogP contribution in [0.25, 0.3) is 0 Å². The average Bonchev–Trinajstić information content (AvgIpc) is 2.93. The third-order valence-corrected chi connectivity index (χ3v) is 7.48. The molecule has 0 saturated heterocycles. The standard InChI is InChI=1S/C27H27ClF3N3O7S/c1-38-11-12-39-20-10-9-18(24(14-20)41-25-22(28)13-19(15-32-25)27(29,30)31)16-40-26(35)34-42(36,37)33-23-8-4-6-17-5-2-3-7-21(17)23/h2-3,5,7,9-10,13-15,23,33H,4,6,8,11-12,16H2,1H3,(H,34,35). The third kappa shape index (κ3) is 8.47. The largest absolute Gasteiger partial charge is 0.491 e. The van der Waals surface area contributed by atoms with Crippen LogP contribution in [0.3, 0.4) is 0 Å². The first-order valence-corrected chi connectivity index (χ1v) is 14.5. The number of halogens is 4. The highest BCUT2D eigenvalue weighted by Gasteiger charge is 2.32. The summed E-state index contributed by atoms with van der Waals surface area (Å²) in [5.41, 5.74) is 1.02. The van der Waals surface area contributed by atoms with Crippen LogP contribution in [0.15, 0.2) is 54.7 Å². The number of carbonyl (C=O) groups is 1. The lowest BCUT2D eigenvalue weighted by Crippen LogP contribution is -2.42. The van der Waals surface area contributed by atoms with Crippen LogP contribution in [0, 0.1) is 0 Å². The molecule has 1 aliphatic rings. The van der Waals surface area contributed by atoms with Crippen LogP contribution >= 0.6 is 11.6 Å². The van der Waals surface area contributed by atoms with Crippen LogP contribution in [0.4, 0.5) is 18.0 Å². The molecule has 2 aromatic carbocycles. The van der Waals surface area contributed by atoms with Gasteiger partial charge in [0.15, 0.2) is 0 Å². The van der Waals surface area contributed by atoms with Gasteiger partial charge in [0.05, 0.1) is 12.2 Å². The molecule has 15 heteroatoms. The van der Waals surface area contributed by atoms with Gasteiger partial charge in [-0.2, -0.15) is 26.3 Å². The highest BCUT2D eigenvalue weighted by atomic mass is 35.5. The van der Waals surface area contributed by atoms with Crippen molar-refractivity contribution in [3.05, 3.63) is 82.0 Å². The summed E-state index contributed by atoms with van der Waals surface area (Å²) in [5, 5.41) is -0.415. The predicted molar refractivity (Wildman–Crippen MR) is 146 cm³/mol. The van der Waals surface area contributed by atoms with Crippen molar-refractivity contribution in [3.63, 3.8) is 0 Å². The van der Waals surface area contributed by atoms with E-state index >= 15 is 0 Å². The first-order chi connectivity index (χ1) is 19.9. The minimum Gasteiger partial charge on any atom is -0.491 e. The Labute approximate surface area is 245 Å². The number of methoxy groups -OCH3 is 1. The number of aromatic nitrogens is 1. The molecule has 1 unspecified atom stereocenters. The number of alkyl halides is 3. The quantitative estimate of drug-likeness (QED) is 0.259. The van der Waals surface area contributed by atoms with Gasteiger partial charge in [0.1, 0.15) is 29.7 Å². The number of ether oxygens (including phenoxy) is 4. The van der Waals surface area contributed by atoms with E-state index in [-0.39, 0.29) is 30.4 Å². The number of pyridine rings is 1. The molecule has 2 N–H and O–H groups in total. The van der Waals surface area contributed by atoms with Crippen molar-refractivity contribution in [3.8, 4) is 17.4 Å². The second kappa shape index (κ2) is 13.6. The van der Waals surface area contributed by atoms with Crippen LogP contribution in [-0.4, -0.2) is 39.8 Å². The maximum Gasteiger partial charge on any atom is 0.422 e. The molecule has 226 valence electrons. The van der Waals surface area contributed by atoms with Gasteiger partial charge in [-0.25, -0.2) is 14.5 Å². The Morgan fingerprint density at radius 3 is 2.67 bits per heavy atom. The number of carbonyl (C=O) groups excluding carboxylic acids is 1. The van der Waals surface area contributed by atoms with E-state index in [9.17, 15) is 26.4 Å². The maximum absolute atomic E-state index is 13.0. The number of benzene rings is 2. The van der Waals surface area contributed by atoms with E-state index in [1.54, 1.807) is 0 Å². The minimum absolute atomic E-state index is 0.00771. The fourth-order valence-corrected chi connectivity index (χ4v) is 5.38. The molecule has 1 aliphatic carbocycles. The molecule has 1 aromatic heterocycles. The normalized spacial score (nSPS) is 15.0. The summed E-state index contributed by atoms with van der Waals surface area (Å²) in [5.74, 6) is -0.0477. The van der Waals surface area contributed by atoms with Crippen LogP contribution in [0.2, 0.25) is 5.02 Å². The number of amides is 1. The Bertz CT molecular complexity index is 1520. The number of nitrogens with one attached hydrogen (secondary N) is 2. The fourth-order valence-electron chi connectivity index (χ4n) is 4.22. The van der Waals surface area contributed by atoms with Crippen molar-refractivity contribution in [1.82, 2.24) is 14.4 Å². The van der Waals surface area contributed by atoms with Gasteiger partial charge in [-0.1, -0.05) is 35.9 Å². The van der Waals surface area contributed by atoms with Crippen molar-refractivity contribution in [2.75, 3.05) is 20.3 Å². The zero-order valence-corrected chi connectivity index (χ0v) is 23.8. The SMILES string of the molecule is COCCOc1ccc(COC(=O)NS(=O)(=O)NC2CCCc3ccccc32)c(Oc2ncc(C(F)(F)F)cc2Cl)c1. The molecule has 0 fully saturated rings. The average molecular weight is 630 g/mol. The molecule has 10 nitrogen and oxygen atoms in total. The van der Waals surface area contributed by atoms with Gasteiger partial charge in [-0.3, -0.25) is 0 Å². The number of fused-ring (bicyclic) bond motifs is 1. The Morgan fingerprint density at radius 2 is 1.93 bits per heavy atom. The topological polar surface area (TPSA) is 125 Å². The molecule has 42 heavy (non-hydrogen) atoms. The Balaban J connectivity index is 1.45. The maximum atomic E-state index is 13.0. The molecule has 1 heterocycles. The van der Waals surface area contributed by atoms with Gasteiger partial charge >= 0.3 is 22.5 Å². The first-order valence-electron chi connectivity index (χ1n) is 12.6. The fraction of sp³-hybridized carbons (Fsp3) is 0.333. The molecule has 0 bridgehead atoms. The monoisotopic (exact) mass is 629 g/mol. The highest BCUT2D eigenvalue weighted by Crippen LogP contribution is 2.36. The second-order valence-electron chi connectivity index (χ2n) is 9.16. The summed E-state index contributed by atoms with van der Waals surface area (Å²) >= 11 is 5.99. The zero-order chi connectivity index (χ0) is 30.3. The highest BCUT2D eigenvalue weighted by molar-refractivity contribution is 7.88. The first kappa shape index (κ1) is 31.3. The van der Waals surface area contributed by atoms with Crippen LogP contribution < -0.4 is 18.9 Å². The van der Waals surface area contributed by atoms with Gasteiger partial charge in [0, 0.05) is 31.0 Å². The Hall–Kier alpha value is -3.59. The summed E-state index contributed by atoms with van der Waals surface area (Å²) < 4.78 is 90.0. The van der Waals surface area contributed by atoms with E-state index in [2.05, 4.69) is 9.71 Å². The molecular formula is C27H27ClF3N3O7S. The zero-order valence-electron chi connectivity index (χ0n) is 22.2. The van der Waals surface area contributed by atoms with Crippen LogP contribution in [0.1, 0.15) is 41.1 Å².